The maximum atomic E-state index is 13.1. The molecule has 15 nitrogen and oxygen atoms in total. The first kappa shape index (κ1) is 36.3. The zero-order valence-corrected chi connectivity index (χ0v) is 25.8. The molecule has 1 aliphatic rings. The van der Waals surface area contributed by atoms with Crippen LogP contribution in [0.5, 0.6) is 5.75 Å². The van der Waals surface area contributed by atoms with Crippen molar-refractivity contribution in [3.63, 3.8) is 0 Å². The van der Waals surface area contributed by atoms with Gasteiger partial charge in [0.1, 0.15) is 15.9 Å². The van der Waals surface area contributed by atoms with Crippen LogP contribution in [-0.2, 0) is 40.6 Å². The van der Waals surface area contributed by atoms with Gasteiger partial charge in [0.15, 0.2) is 5.78 Å². The molecule has 0 fully saturated rings. The lowest BCUT2D eigenvalue weighted by atomic mass is 9.85. The fourth-order valence-corrected chi connectivity index (χ4v) is 5.83. The third-order valence-corrected chi connectivity index (χ3v) is 7.83. The third kappa shape index (κ3) is 9.67. The average molecular weight is 668 g/mol. The van der Waals surface area contributed by atoms with Crippen LogP contribution in [-0.4, -0.2) is 90.3 Å². The molecule has 0 aromatic heterocycles. The van der Waals surface area contributed by atoms with Crippen LogP contribution in [0.3, 0.4) is 0 Å². The van der Waals surface area contributed by atoms with Gasteiger partial charge in [-0.25, -0.2) is 8.42 Å². The Morgan fingerprint density at radius 2 is 1.30 bits per heavy atom. The smallest absolute Gasteiger partial charge is 0.186 e. The molecule has 0 saturated heterocycles. The molecule has 0 amide bonds. The SMILES string of the molecule is CC1=CC(=C(c2cc(C)c(O)c(CN(CC(=O)[O-])CC(=O)[O-])c2)c2ccccc2S(=O)(=O)[O-])C=C(CN(CC(=O)[O-])CC(=O)[O-])C1=O. The fraction of sp³-hybridized carbons (Fsp3) is 0.258. The first-order valence-electron chi connectivity index (χ1n) is 13.7. The maximum absolute atomic E-state index is 13.1. The summed E-state index contributed by atoms with van der Waals surface area (Å²) in [5.41, 5.74) is 0.263. The number of aliphatic carboxylic acids is 4. The van der Waals surface area contributed by atoms with Crippen molar-refractivity contribution in [1.82, 2.24) is 9.80 Å². The zero-order valence-electron chi connectivity index (χ0n) is 25.0. The number of hydrogen-bond donors (Lipinski definition) is 1. The molecule has 0 atom stereocenters. The first-order valence-corrected chi connectivity index (χ1v) is 15.1. The molecular weight excluding hydrogens is 640 g/mol. The van der Waals surface area contributed by atoms with Crippen LogP contribution in [0, 0.1) is 6.92 Å². The molecule has 0 radical (unpaired) electrons. The average Bonchev–Trinajstić information content (AvgIpc) is 2.92. The topological polar surface area (TPSA) is 262 Å². The highest BCUT2D eigenvalue weighted by molar-refractivity contribution is 7.85. The lowest BCUT2D eigenvalue weighted by molar-refractivity contribution is -0.313. The summed E-state index contributed by atoms with van der Waals surface area (Å²) in [6, 6.07) is 7.79. The van der Waals surface area contributed by atoms with Crippen LogP contribution in [0.4, 0.5) is 0 Å². The highest BCUT2D eigenvalue weighted by Gasteiger charge is 2.25. The highest BCUT2D eigenvalue weighted by atomic mass is 32.2. The molecule has 0 aliphatic heterocycles. The van der Waals surface area contributed by atoms with Gasteiger partial charge in [0.25, 0.3) is 0 Å². The van der Waals surface area contributed by atoms with E-state index < -0.39 is 83.9 Å². The van der Waals surface area contributed by atoms with E-state index in [9.17, 15) is 62.5 Å². The lowest BCUT2D eigenvalue weighted by Crippen LogP contribution is -2.45. The monoisotopic (exact) mass is 667 g/mol. The van der Waals surface area contributed by atoms with E-state index in [2.05, 4.69) is 0 Å². The quantitative estimate of drug-likeness (QED) is 0.177. The Bertz CT molecular complexity index is 1810. The number of rotatable bonds is 15. The largest absolute Gasteiger partial charge is 0.744 e. The number of allylic oxidation sites excluding steroid dienone is 4. The van der Waals surface area contributed by atoms with Gasteiger partial charge in [-0.15, -0.1) is 0 Å². The Morgan fingerprint density at radius 3 is 1.81 bits per heavy atom. The summed E-state index contributed by atoms with van der Waals surface area (Å²) in [7, 11) is -5.13. The lowest BCUT2D eigenvalue weighted by Gasteiger charge is -2.27. The van der Waals surface area contributed by atoms with Gasteiger partial charge in [0.05, 0.1) is 28.8 Å². The molecule has 0 bridgehead atoms. The van der Waals surface area contributed by atoms with E-state index in [0.29, 0.717) is 0 Å². The summed E-state index contributed by atoms with van der Waals surface area (Å²) in [5, 5.41) is 55.9. The van der Waals surface area contributed by atoms with E-state index in [1.165, 1.54) is 56.3 Å². The number of carbonyl (C=O) groups is 5. The second kappa shape index (κ2) is 15.0. The van der Waals surface area contributed by atoms with Crippen molar-refractivity contribution in [2.45, 2.75) is 25.3 Å². The molecule has 1 aliphatic carbocycles. The van der Waals surface area contributed by atoms with Crippen LogP contribution in [0.25, 0.3) is 5.57 Å². The molecule has 2 aromatic rings. The molecule has 3 rings (SSSR count). The van der Waals surface area contributed by atoms with Gasteiger partial charge >= 0.3 is 0 Å². The Labute approximate surface area is 268 Å². The number of hydrogen-bond acceptors (Lipinski definition) is 15. The summed E-state index contributed by atoms with van der Waals surface area (Å²) in [4.78, 5) is 59.3. The molecule has 2 aromatic carbocycles. The van der Waals surface area contributed by atoms with Gasteiger partial charge in [0.2, 0.25) is 0 Å². The summed E-state index contributed by atoms with van der Waals surface area (Å²) in [6.45, 7) is -1.57. The van der Waals surface area contributed by atoms with E-state index in [1.54, 1.807) is 0 Å². The molecule has 0 heterocycles. The number of Topliss-reactive ketones (excluding diaryl/α,β-unsaturated/α-hetero) is 1. The van der Waals surface area contributed by atoms with Crippen molar-refractivity contribution in [2.75, 3.05) is 32.7 Å². The molecule has 0 saturated carbocycles. The van der Waals surface area contributed by atoms with Crippen molar-refractivity contribution in [1.29, 1.82) is 0 Å². The number of carboxylic acid groups (broad SMARTS) is 4. The van der Waals surface area contributed by atoms with Crippen molar-refractivity contribution in [3.05, 3.63) is 87.5 Å². The van der Waals surface area contributed by atoms with Crippen LogP contribution in [0.1, 0.15) is 29.2 Å². The minimum Gasteiger partial charge on any atom is -0.744 e. The number of phenolic OH excluding ortho intramolecular Hbond substituents is 1. The standard InChI is InChI=1S/C31H32N2O13S/c1-17-7-19(9-21(30(17)42)11-32(13-25(34)35)14-26(36)37)29(23-5-3-4-6-24(23)47(44,45)46)20-8-18(2)31(43)22(10-20)12-33(15-27(38)39)16-28(40)41/h3-10,42H,11-16H2,1-2H3,(H,34,35)(H,36,37)(H,38,39)(H,40,41)(H,44,45,46)/p-5. The van der Waals surface area contributed by atoms with Crippen LogP contribution in [0.2, 0.25) is 0 Å². The Kier molecular flexibility index (Phi) is 11.6. The van der Waals surface area contributed by atoms with E-state index >= 15 is 0 Å². The van der Waals surface area contributed by atoms with Gasteiger partial charge in [-0.05, 0) is 72.0 Å². The van der Waals surface area contributed by atoms with Crippen molar-refractivity contribution >= 4 is 45.4 Å². The predicted molar refractivity (Wildman–Crippen MR) is 152 cm³/mol. The predicted octanol–water partition coefficient (Wildman–Crippen LogP) is -4.03. The highest BCUT2D eigenvalue weighted by Crippen LogP contribution is 2.38. The van der Waals surface area contributed by atoms with Gasteiger partial charge < -0.3 is 49.3 Å². The second-order valence-corrected chi connectivity index (χ2v) is 12.0. The van der Waals surface area contributed by atoms with E-state index in [1.807, 2.05) is 0 Å². The Hall–Kier alpha value is -5.16. The molecule has 47 heavy (non-hydrogen) atoms. The third-order valence-electron chi connectivity index (χ3n) is 6.93. The number of ketones is 1. The van der Waals surface area contributed by atoms with Crippen molar-refractivity contribution < 1.29 is 62.5 Å². The van der Waals surface area contributed by atoms with Gasteiger partial charge in [0, 0.05) is 56.0 Å². The Morgan fingerprint density at radius 1 is 0.787 bits per heavy atom. The summed E-state index contributed by atoms with van der Waals surface area (Å²) >= 11 is 0. The molecular formula is C31H27N2O13S-5. The number of aryl methyl sites for hydroxylation is 1. The van der Waals surface area contributed by atoms with Crippen LogP contribution < -0.4 is 20.4 Å². The zero-order chi connectivity index (χ0) is 35.2. The number of benzene rings is 2. The molecule has 250 valence electrons. The second-order valence-electron chi connectivity index (χ2n) is 10.7. The number of carboxylic acids is 4. The molecule has 1 N–H and O–H groups in total. The Balaban J connectivity index is 2.38. The molecule has 0 spiro atoms. The van der Waals surface area contributed by atoms with Crippen molar-refractivity contribution in [2.24, 2.45) is 0 Å². The number of nitrogens with zero attached hydrogens (tertiary/aromatic N) is 2. The summed E-state index contributed by atoms with van der Waals surface area (Å²) < 4.78 is 37.1. The van der Waals surface area contributed by atoms with Gasteiger partial charge in [-0.3, -0.25) is 14.6 Å². The van der Waals surface area contributed by atoms with Gasteiger partial charge in [-0.1, -0.05) is 18.2 Å². The van der Waals surface area contributed by atoms with Crippen LogP contribution >= 0.6 is 0 Å². The normalized spacial score (nSPS) is 14.5. The van der Waals surface area contributed by atoms with E-state index in [4.69, 9.17) is 0 Å². The van der Waals surface area contributed by atoms with Crippen LogP contribution in [0.15, 0.2) is 70.2 Å². The summed E-state index contributed by atoms with van der Waals surface area (Å²) in [5.74, 6) is -7.45. The van der Waals surface area contributed by atoms with E-state index in [0.717, 1.165) is 15.9 Å². The number of phenols is 1. The minimum atomic E-state index is -5.13. The number of aromatic hydroxyl groups is 1. The summed E-state index contributed by atoms with van der Waals surface area (Å²) in [6.07, 6.45) is 2.62. The maximum Gasteiger partial charge on any atom is 0.186 e. The van der Waals surface area contributed by atoms with Gasteiger partial charge in [-0.2, -0.15) is 0 Å². The van der Waals surface area contributed by atoms with Crippen molar-refractivity contribution in [3.8, 4) is 5.75 Å². The van der Waals surface area contributed by atoms with E-state index in [-0.39, 0.29) is 50.3 Å². The molecule has 0 unspecified atom stereocenters. The minimum absolute atomic E-state index is 0.00561. The first-order chi connectivity index (χ1) is 21.9. The fourth-order valence-electron chi connectivity index (χ4n) is 5.14. The number of carbonyl (C=O) groups excluding carboxylic acids is 5. The molecule has 16 heteroatoms.